The van der Waals surface area contributed by atoms with Crippen LogP contribution >= 0.6 is 0 Å². The van der Waals surface area contributed by atoms with E-state index in [9.17, 15) is 18.0 Å². The van der Waals surface area contributed by atoms with Gasteiger partial charge >= 0.3 is 6.18 Å². The lowest BCUT2D eigenvalue weighted by molar-refractivity contribution is -0.173. The molecule has 0 spiro atoms. The summed E-state index contributed by atoms with van der Waals surface area (Å²) in [5, 5.41) is 11.5. The van der Waals surface area contributed by atoms with Gasteiger partial charge in [-0.1, -0.05) is 6.92 Å². The number of anilines is 1. The molecule has 1 saturated heterocycles. The van der Waals surface area contributed by atoms with Gasteiger partial charge in [0.05, 0.1) is 11.7 Å². The fraction of sp³-hybridized carbons (Fsp3) is 0.611. The van der Waals surface area contributed by atoms with Gasteiger partial charge in [0.15, 0.2) is 6.04 Å². The van der Waals surface area contributed by atoms with E-state index in [-0.39, 0.29) is 31.0 Å². The molecule has 3 atom stereocenters. The Morgan fingerprint density at radius 2 is 2.21 bits per heavy atom. The van der Waals surface area contributed by atoms with Crippen LogP contribution < -0.4 is 5.32 Å². The number of aromatic nitrogens is 4. The zero-order chi connectivity index (χ0) is 19.9. The largest absolute Gasteiger partial charge is 0.410 e. The van der Waals surface area contributed by atoms with Crippen molar-refractivity contribution in [2.75, 3.05) is 11.9 Å². The highest BCUT2D eigenvalue weighted by Gasteiger charge is 2.46. The number of hydrogen-bond acceptors (Lipinski definition) is 4. The summed E-state index contributed by atoms with van der Waals surface area (Å²) in [6.45, 7) is 2.55. The molecule has 7 nitrogen and oxygen atoms in total. The van der Waals surface area contributed by atoms with Crippen molar-refractivity contribution >= 4 is 11.7 Å². The van der Waals surface area contributed by atoms with Crippen LogP contribution in [-0.4, -0.2) is 49.1 Å². The summed E-state index contributed by atoms with van der Waals surface area (Å²) in [6.07, 6.45) is 0.998. The molecule has 2 aromatic rings. The highest BCUT2D eigenvalue weighted by Crippen LogP contribution is 2.42. The first-order valence-electron chi connectivity index (χ1n) is 9.56. The third-order valence-corrected chi connectivity index (χ3v) is 5.55. The van der Waals surface area contributed by atoms with Gasteiger partial charge in [0.25, 0.3) is 0 Å². The minimum Gasteiger partial charge on any atom is -0.367 e. The molecule has 4 rings (SSSR count). The van der Waals surface area contributed by atoms with Crippen molar-refractivity contribution < 1.29 is 18.0 Å². The van der Waals surface area contributed by atoms with Crippen molar-refractivity contribution in [3.63, 3.8) is 0 Å². The zero-order valence-electron chi connectivity index (χ0n) is 15.6. The van der Waals surface area contributed by atoms with Gasteiger partial charge in [-0.15, -0.1) is 0 Å². The summed E-state index contributed by atoms with van der Waals surface area (Å²) in [4.78, 5) is 14.4. The summed E-state index contributed by atoms with van der Waals surface area (Å²) < 4.78 is 43.3. The average molecular weight is 396 g/mol. The molecule has 2 aromatic heterocycles. The number of fused-ring (bicyclic) bond motifs is 1. The maximum Gasteiger partial charge on any atom is 0.410 e. The van der Waals surface area contributed by atoms with E-state index >= 15 is 0 Å². The summed E-state index contributed by atoms with van der Waals surface area (Å²) >= 11 is 0. The smallest absolute Gasteiger partial charge is 0.367 e. The highest BCUT2D eigenvalue weighted by atomic mass is 19.4. The van der Waals surface area contributed by atoms with E-state index in [0.29, 0.717) is 30.9 Å². The van der Waals surface area contributed by atoms with Gasteiger partial charge in [0, 0.05) is 31.0 Å². The standard InChI is InChI=1S/C18H23F3N6O/c1-2-12-9-15(18(19,20)21)27-16(23-12)10-13(24-27)14-5-3-8-26(14)17(28)11-25-7-4-6-22-25/h4,6-7,10,12,14-15,23H,2-3,5,8-9,11H2,1H3/t12-,14-,15-/m1/s1. The van der Waals surface area contributed by atoms with Gasteiger partial charge in [0.1, 0.15) is 12.4 Å². The molecule has 1 N–H and O–H groups in total. The van der Waals surface area contributed by atoms with E-state index in [0.717, 1.165) is 11.1 Å². The van der Waals surface area contributed by atoms with E-state index in [1.165, 1.54) is 0 Å². The second-order valence-electron chi connectivity index (χ2n) is 7.39. The first-order chi connectivity index (χ1) is 13.4. The van der Waals surface area contributed by atoms with Crippen LogP contribution in [0.5, 0.6) is 0 Å². The molecule has 0 bridgehead atoms. The molecular formula is C18H23F3N6O. The van der Waals surface area contributed by atoms with Crippen LogP contribution in [0.3, 0.4) is 0 Å². The number of alkyl halides is 3. The summed E-state index contributed by atoms with van der Waals surface area (Å²) in [5.41, 5.74) is 0.514. The van der Waals surface area contributed by atoms with E-state index < -0.39 is 12.2 Å². The Hall–Kier alpha value is -2.52. The number of nitrogens with zero attached hydrogens (tertiary/aromatic N) is 5. The number of amides is 1. The van der Waals surface area contributed by atoms with E-state index in [1.807, 2.05) is 6.92 Å². The Labute approximate surface area is 160 Å². The summed E-state index contributed by atoms with van der Waals surface area (Å²) in [5.74, 6) is 0.269. The lowest BCUT2D eigenvalue weighted by Gasteiger charge is -2.32. The topological polar surface area (TPSA) is 68.0 Å². The quantitative estimate of drug-likeness (QED) is 0.862. The molecule has 0 aliphatic carbocycles. The fourth-order valence-electron chi connectivity index (χ4n) is 4.10. The minimum absolute atomic E-state index is 0.0409. The van der Waals surface area contributed by atoms with Gasteiger partial charge in [-0.3, -0.25) is 9.48 Å². The second-order valence-corrected chi connectivity index (χ2v) is 7.39. The van der Waals surface area contributed by atoms with Gasteiger partial charge in [-0.25, -0.2) is 4.68 Å². The van der Waals surface area contributed by atoms with Crippen LogP contribution in [0.1, 0.15) is 50.4 Å². The maximum absolute atomic E-state index is 13.6. The van der Waals surface area contributed by atoms with Crippen LogP contribution in [0.4, 0.5) is 19.0 Å². The minimum atomic E-state index is -4.36. The lowest BCUT2D eigenvalue weighted by Crippen LogP contribution is -2.39. The number of likely N-dealkylation sites (tertiary alicyclic amines) is 1. The van der Waals surface area contributed by atoms with Crippen LogP contribution in [0.15, 0.2) is 24.5 Å². The molecule has 4 heterocycles. The average Bonchev–Trinajstić information content (AvgIpc) is 3.38. The van der Waals surface area contributed by atoms with Crippen LogP contribution in [-0.2, 0) is 11.3 Å². The molecule has 0 unspecified atom stereocenters. The molecule has 1 amide bonds. The molecule has 0 aromatic carbocycles. The molecule has 152 valence electrons. The number of nitrogens with one attached hydrogen (secondary N) is 1. The monoisotopic (exact) mass is 396 g/mol. The molecule has 1 fully saturated rings. The highest BCUT2D eigenvalue weighted by molar-refractivity contribution is 5.76. The first-order valence-corrected chi connectivity index (χ1v) is 9.56. The fourth-order valence-corrected chi connectivity index (χ4v) is 4.10. The van der Waals surface area contributed by atoms with Crippen LogP contribution in [0, 0.1) is 0 Å². The van der Waals surface area contributed by atoms with Crippen molar-refractivity contribution in [1.82, 2.24) is 24.5 Å². The molecular weight excluding hydrogens is 373 g/mol. The summed E-state index contributed by atoms with van der Waals surface area (Å²) in [6, 6.07) is 1.22. The maximum atomic E-state index is 13.6. The molecule has 2 aliphatic heterocycles. The predicted molar refractivity (Wildman–Crippen MR) is 95.6 cm³/mol. The molecule has 0 saturated carbocycles. The van der Waals surface area contributed by atoms with E-state index in [4.69, 9.17) is 0 Å². The van der Waals surface area contributed by atoms with Crippen LogP contribution in [0.25, 0.3) is 0 Å². The van der Waals surface area contributed by atoms with Crippen molar-refractivity contribution in [2.24, 2.45) is 0 Å². The third kappa shape index (κ3) is 3.47. The Morgan fingerprint density at radius 3 is 2.89 bits per heavy atom. The molecule has 2 aliphatic rings. The number of halogens is 3. The first kappa shape index (κ1) is 18.8. The molecule has 0 radical (unpaired) electrons. The second kappa shape index (κ2) is 7.14. The van der Waals surface area contributed by atoms with Gasteiger partial charge in [-0.2, -0.15) is 23.4 Å². The Bertz CT molecular complexity index is 831. The van der Waals surface area contributed by atoms with E-state index in [1.54, 1.807) is 34.1 Å². The Kier molecular flexibility index (Phi) is 4.80. The van der Waals surface area contributed by atoms with Gasteiger partial charge < -0.3 is 10.2 Å². The van der Waals surface area contributed by atoms with Crippen molar-refractivity contribution in [1.29, 1.82) is 0 Å². The van der Waals surface area contributed by atoms with Crippen LogP contribution in [0.2, 0.25) is 0 Å². The Balaban J connectivity index is 1.59. The summed E-state index contributed by atoms with van der Waals surface area (Å²) in [7, 11) is 0. The number of carbonyl (C=O) groups is 1. The number of hydrogen-bond donors (Lipinski definition) is 1. The molecule has 10 heteroatoms. The van der Waals surface area contributed by atoms with E-state index in [2.05, 4.69) is 15.5 Å². The SMILES string of the molecule is CC[C@@H]1C[C@H](C(F)(F)F)n2nc([C@H]3CCCN3C(=O)Cn3cccn3)cc2N1. The molecule has 28 heavy (non-hydrogen) atoms. The van der Waals surface area contributed by atoms with Gasteiger partial charge in [0.2, 0.25) is 5.91 Å². The van der Waals surface area contributed by atoms with Crippen molar-refractivity contribution in [3.8, 4) is 0 Å². The van der Waals surface area contributed by atoms with Crippen molar-refractivity contribution in [3.05, 3.63) is 30.2 Å². The normalized spacial score (nSPS) is 24.9. The van der Waals surface area contributed by atoms with Crippen molar-refractivity contribution in [2.45, 2.75) is 63.5 Å². The van der Waals surface area contributed by atoms with Gasteiger partial charge in [-0.05, 0) is 31.7 Å². The zero-order valence-corrected chi connectivity index (χ0v) is 15.6. The lowest BCUT2D eigenvalue weighted by atomic mass is 10.0. The predicted octanol–water partition coefficient (Wildman–Crippen LogP) is 3.14. The Morgan fingerprint density at radius 1 is 1.39 bits per heavy atom. The number of rotatable bonds is 4. The third-order valence-electron chi connectivity index (χ3n) is 5.55. The number of carbonyl (C=O) groups excluding carboxylic acids is 1.